The van der Waals surface area contributed by atoms with Crippen molar-refractivity contribution in [2.24, 2.45) is 0 Å². The first kappa shape index (κ1) is 11.7. The Morgan fingerprint density at radius 1 is 1.41 bits per heavy atom. The summed E-state index contributed by atoms with van der Waals surface area (Å²) < 4.78 is 5.50. The van der Waals surface area contributed by atoms with Gasteiger partial charge in [0.15, 0.2) is 0 Å². The lowest BCUT2D eigenvalue weighted by Gasteiger charge is -2.13. The van der Waals surface area contributed by atoms with E-state index in [0.29, 0.717) is 29.4 Å². The summed E-state index contributed by atoms with van der Waals surface area (Å²) in [6, 6.07) is 7.01. The summed E-state index contributed by atoms with van der Waals surface area (Å²) >= 11 is 5.93. The Morgan fingerprint density at radius 2 is 2.18 bits per heavy atom. The lowest BCUT2D eigenvalue weighted by Crippen LogP contribution is -2.28. The van der Waals surface area contributed by atoms with E-state index in [2.05, 4.69) is 0 Å². The molecule has 17 heavy (non-hydrogen) atoms. The average Bonchev–Trinajstić information content (AvgIpc) is 2.63. The predicted octanol–water partition coefficient (Wildman–Crippen LogP) is 1.64. The zero-order chi connectivity index (χ0) is 12.3. The van der Waals surface area contributed by atoms with E-state index in [1.54, 1.807) is 24.3 Å². The second-order valence-corrected chi connectivity index (χ2v) is 3.94. The van der Waals surface area contributed by atoms with E-state index in [0.717, 1.165) is 0 Å². The normalized spacial score (nSPS) is 14.8. The van der Waals surface area contributed by atoms with Crippen molar-refractivity contribution < 1.29 is 14.3 Å². The largest absolute Gasteiger partial charge is 0.458 e. The van der Waals surface area contributed by atoms with Gasteiger partial charge in [0, 0.05) is 6.08 Å². The topological polar surface area (TPSA) is 46.6 Å². The van der Waals surface area contributed by atoms with Gasteiger partial charge in [-0.05, 0) is 12.1 Å². The highest BCUT2D eigenvalue weighted by molar-refractivity contribution is 6.32. The van der Waals surface area contributed by atoms with Gasteiger partial charge >= 0.3 is 0 Å². The molecule has 0 N–H and O–H groups in total. The summed E-state index contributed by atoms with van der Waals surface area (Å²) in [4.78, 5) is 23.2. The molecule has 1 aromatic rings. The van der Waals surface area contributed by atoms with Crippen molar-refractivity contribution in [2.45, 2.75) is 0 Å². The lowest BCUT2D eigenvalue weighted by atomic mass is 10.3. The minimum atomic E-state index is -0.223. The second kappa shape index (κ2) is 5.01. The summed E-state index contributed by atoms with van der Waals surface area (Å²) in [5.74, 6) is 0.769. The van der Waals surface area contributed by atoms with Crippen molar-refractivity contribution in [3.8, 4) is 5.75 Å². The molecule has 88 valence electrons. The van der Waals surface area contributed by atoms with Gasteiger partial charge in [-0.25, -0.2) is 0 Å². The molecule has 0 unspecified atom stereocenters. The van der Waals surface area contributed by atoms with Crippen molar-refractivity contribution in [3.05, 3.63) is 41.1 Å². The molecule has 2 rings (SSSR count). The minimum absolute atomic E-state index is 0.0741. The van der Waals surface area contributed by atoms with Crippen LogP contribution in [-0.4, -0.2) is 30.2 Å². The molecule has 0 spiro atoms. The molecular formula is C12H10ClNO3. The fraction of sp³-hybridized carbons (Fsp3) is 0.167. The third-order valence-corrected chi connectivity index (χ3v) is 2.63. The van der Waals surface area contributed by atoms with Crippen molar-refractivity contribution in [3.63, 3.8) is 0 Å². The monoisotopic (exact) mass is 251 g/mol. The number of carbonyl (C=O) groups is 2. The third kappa shape index (κ3) is 2.65. The number of ether oxygens (including phenoxy) is 1. The third-order valence-electron chi connectivity index (χ3n) is 2.32. The number of carbonyl (C=O) groups excluding carboxylic acids is 2. The number of hydrogen-bond donors (Lipinski definition) is 0. The molecule has 5 heteroatoms. The first-order valence-electron chi connectivity index (χ1n) is 5.06. The Hall–Kier alpha value is -1.81. The van der Waals surface area contributed by atoms with Crippen molar-refractivity contribution >= 4 is 23.8 Å². The Bertz CT molecular complexity index is 484. The summed E-state index contributed by atoms with van der Waals surface area (Å²) in [6.45, 7) is 0.369. The number of hydrogen-bond acceptors (Lipinski definition) is 3. The molecule has 0 bridgehead atoms. The number of nitrogens with zero attached hydrogens (tertiary/aromatic N) is 1. The zero-order valence-electron chi connectivity index (χ0n) is 8.93. The quantitative estimate of drug-likeness (QED) is 0.765. The molecule has 0 saturated carbocycles. The van der Waals surface area contributed by atoms with Crippen LogP contribution < -0.4 is 4.74 Å². The fourth-order valence-electron chi connectivity index (χ4n) is 1.52. The molecule has 4 nitrogen and oxygen atoms in total. The Morgan fingerprint density at radius 3 is 2.88 bits per heavy atom. The first-order valence-corrected chi connectivity index (χ1v) is 5.44. The maximum Gasteiger partial charge on any atom is 0.250 e. The summed E-state index contributed by atoms with van der Waals surface area (Å²) in [7, 11) is 0. The van der Waals surface area contributed by atoms with E-state index >= 15 is 0 Å². The van der Waals surface area contributed by atoms with Crippen LogP contribution in [0.3, 0.4) is 0 Å². The van der Waals surface area contributed by atoms with Crippen LogP contribution in [-0.2, 0) is 9.59 Å². The molecule has 1 aliphatic rings. The highest BCUT2D eigenvalue weighted by Gasteiger charge is 2.22. The van der Waals surface area contributed by atoms with Gasteiger partial charge in [0.2, 0.25) is 0 Å². The molecule has 1 heterocycles. The maximum absolute atomic E-state index is 11.4. The number of benzene rings is 1. The minimum Gasteiger partial charge on any atom is -0.458 e. The molecule has 1 aromatic carbocycles. The molecule has 1 aliphatic heterocycles. The molecule has 0 radical (unpaired) electrons. The molecule has 1 amide bonds. The van der Waals surface area contributed by atoms with Crippen LogP contribution in [0.5, 0.6) is 5.75 Å². The van der Waals surface area contributed by atoms with E-state index < -0.39 is 0 Å². The number of aldehydes is 1. The lowest BCUT2D eigenvalue weighted by molar-refractivity contribution is -0.126. The number of para-hydroxylation sites is 1. The van der Waals surface area contributed by atoms with Gasteiger partial charge < -0.3 is 14.4 Å². The van der Waals surface area contributed by atoms with Crippen LogP contribution in [0.1, 0.15) is 0 Å². The van der Waals surface area contributed by atoms with E-state index in [9.17, 15) is 9.59 Å². The second-order valence-electron chi connectivity index (χ2n) is 3.53. The van der Waals surface area contributed by atoms with Crippen molar-refractivity contribution in [1.29, 1.82) is 0 Å². The number of halogens is 1. The van der Waals surface area contributed by atoms with E-state index in [4.69, 9.17) is 16.3 Å². The summed E-state index contributed by atoms with van der Waals surface area (Å²) in [6.07, 6.45) is 2.05. The maximum atomic E-state index is 11.4. The Kier molecular flexibility index (Phi) is 3.44. The predicted molar refractivity (Wildman–Crippen MR) is 62.8 cm³/mol. The molecule has 0 aliphatic carbocycles. The van der Waals surface area contributed by atoms with Crippen LogP contribution >= 0.6 is 11.6 Å². The van der Waals surface area contributed by atoms with Gasteiger partial charge in [-0.1, -0.05) is 23.7 Å². The van der Waals surface area contributed by atoms with E-state index in [1.165, 1.54) is 11.0 Å². The van der Waals surface area contributed by atoms with Crippen LogP contribution in [0.25, 0.3) is 0 Å². The van der Waals surface area contributed by atoms with Gasteiger partial charge in [0.05, 0.1) is 18.1 Å². The molecule has 0 saturated heterocycles. The molecule has 0 fully saturated rings. The molecule has 0 aromatic heterocycles. The summed E-state index contributed by atoms with van der Waals surface area (Å²) in [5, 5.41) is 0.481. The van der Waals surface area contributed by atoms with Crippen LogP contribution in [0, 0.1) is 0 Å². The molecular weight excluding hydrogens is 242 g/mol. The number of rotatable bonds is 4. The van der Waals surface area contributed by atoms with Gasteiger partial charge in [-0.2, -0.15) is 0 Å². The van der Waals surface area contributed by atoms with Gasteiger partial charge in [0.25, 0.3) is 5.91 Å². The SMILES string of the molecule is O=CCN1CC(Oc2ccccc2Cl)=CC1=O. The van der Waals surface area contributed by atoms with E-state index in [1.807, 2.05) is 0 Å². The van der Waals surface area contributed by atoms with Gasteiger partial charge in [0.1, 0.15) is 17.8 Å². The van der Waals surface area contributed by atoms with Crippen molar-refractivity contribution in [1.82, 2.24) is 4.90 Å². The fourth-order valence-corrected chi connectivity index (χ4v) is 1.69. The van der Waals surface area contributed by atoms with Gasteiger partial charge in [-0.3, -0.25) is 4.79 Å². The number of amides is 1. The van der Waals surface area contributed by atoms with Crippen LogP contribution in [0.4, 0.5) is 0 Å². The smallest absolute Gasteiger partial charge is 0.250 e. The first-order chi connectivity index (χ1) is 8.20. The Labute approximate surface area is 103 Å². The summed E-state index contributed by atoms with van der Waals surface area (Å²) in [5.41, 5.74) is 0. The Balaban J connectivity index is 2.07. The van der Waals surface area contributed by atoms with Crippen molar-refractivity contribution in [2.75, 3.05) is 13.1 Å². The van der Waals surface area contributed by atoms with Crippen LogP contribution in [0.2, 0.25) is 5.02 Å². The highest BCUT2D eigenvalue weighted by Crippen LogP contribution is 2.26. The highest BCUT2D eigenvalue weighted by atomic mass is 35.5. The van der Waals surface area contributed by atoms with Crippen LogP contribution in [0.15, 0.2) is 36.1 Å². The van der Waals surface area contributed by atoms with E-state index in [-0.39, 0.29) is 12.5 Å². The van der Waals surface area contributed by atoms with Gasteiger partial charge in [-0.15, -0.1) is 0 Å². The average molecular weight is 252 g/mol. The standard InChI is InChI=1S/C12H10ClNO3/c13-10-3-1-2-4-11(10)17-9-7-12(16)14(8-9)5-6-15/h1-4,6-7H,5,8H2. The molecule has 0 atom stereocenters. The zero-order valence-corrected chi connectivity index (χ0v) is 9.68.